The van der Waals surface area contributed by atoms with Crippen LogP contribution >= 0.6 is 0 Å². The van der Waals surface area contributed by atoms with E-state index in [0.29, 0.717) is 3.74 Å². The van der Waals surface area contributed by atoms with Gasteiger partial charge in [-0.05, 0) is 0 Å². The Hall–Kier alpha value is 0.200. The summed E-state index contributed by atoms with van der Waals surface area (Å²) in [5.74, 6) is 0. The van der Waals surface area contributed by atoms with Crippen molar-refractivity contribution in [3.05, 3.63) is 12.2 Å². The van der Waals surface area contributed by atoms with E-state index in [0.717, 1.165) is 6.42 Å². The van der Waals surface area contributed by atoms with Gasteiger partial charge in [0.15, 0.2) is 0 Å². The summed E-state index contributed by atoms with van der Waals surface area (Å²) in [6.45, 7) is 2.19. The number of aliphatic hydroxyl groups is 1. The second-order valence-electron chi connectivity index (χ2n) is 2.24. The zero-order valence-electron chi connectivity index (χ0n) is 6.34. The molecule has 0 bridgehead atoms. The summed E-state index contributed by atoms with van der Waals surface area (Å²) in [6, 6.07) is 0. The minimum absolute atomic E-state index is 0.410. The first kappa shape index (κ1) is 10.2. The van der Waals surface area contributed by atoms with Gasteiger partial charge in [0.25, 0.3) is 0 Å². The number of aliphatic hydroxyl groups excluding tert-OH is 1. The van der Waals surface area contributed by atoms with Crippen LogP contribution in [0.3, 0.4) is 0 Å². The molecule has 0 heterocycles. The van der Waals surface area contributed by atoms with E-state index in [-0.39, 0.29) is 0 Å². The molecule has 0 rings (SSSR count). The predicted molar refractivity (Wildman–Crippen MR) is 46.0 cm³/mol. The normalized spacial score (nSPS) is 10.5. The molecule has 0 fully saturated rings. The molecule has 1 nitrogen and oxygen atoms in total. The van der Waals surface area contributed by atoms with Crippen LogP contribution in [0.15, 0.2) is 12.2 Å². The Labute approximate surface area is 75.5 Å². The van der Waals surface area contributed by atoms with E-state index in [1.807, 2.05) is 6.08 Å². The molecule has 58 valence electrons. The van der Waals surface area contributed by atoms with Gasteiger partial charge >= 0.3 is 75.4 Å². The third-order valence-electron chi connectivity index (χ3n) is 1.23. The summed E-state index contributed by atoms with van der Waals surface area (Å²) < 4.78 is 0.410. The third-order valence-corrected chi connectivity index (χ3v) is 1.62. The number of hydrogen-bond acceptors (Lipinski definition) is 1. The van der Waals surface area contributed by atoms with Crippen molar-refractivity contribution in [1.29, 1.82) is 0 Å². The molecule has 0 atom stereocenters. The van der Waals surface area contributed by atoms with Crippen LogP contribution in [-0.2, 0) is 0 Å². The average molecular weight is 254 g/mol. The van der Waals surface area contributed by atoms with Gasteiger partial charge in [-0.25, -0.2) is 0 Å². The predicted octanol–water partition coefficient (Wildman–Crippen LogP) is 1.79. The van der Waals surface area contributed by atoms with E-state index in [1.165, 1.54) is 19.3 Å². The second kappa shape index (κ2) is 7.31. The monoisotopic (exact) mass is 256 g/mol. The van der Waals surface area contributed by atoms with Crippen molar-refractivity contribution in [2.45, 2.75) is 32.6 Å². The van der Waals surface area contributed by atoms with E-state index in [1.54, 1.807) is 27.9 Å². The first-order valence-electron chi connectivity index (χ1n) is 3.67. The minimum atomic E-state index is 0.410. The van der Waals surface area contributed by atoms with Gasteiger partial charge in [-0.3, -0.25) is 0 Å². The summed E-state index contributed by atoms with van der Waals surface area (Å²) in [7, 11) is 0. The molecule has 10 heavy (non-hydrogen) atoms. The van der Waals surface area contributed by atoms with E-state index in [9.17, 15) is 0 Å². The van der Waals surface area contributed by atoms with Crippen LogP contribution in [0.4, 0.5) is 0 Å². The van der Waals surface area contributed by atoms with Gasteiger partial charge in [0.1, 0.15) is 0 Å². The Morgan fingerprint density at radius 2 is 2.20 bits per heavy atom. The molecule has 0 spiro atoms. The number of rotatable bonds is 5. The molecule has 0 aromatic carbocycles. The number of unbranched alkanes of at least 4 members (excludes halogenated alkanes) is 3. The van der Waals surface area contributed by atoms with Crippen LogP contribution in [0.1, 0.15) is 32.6 Å². The zero-order chi connectivity index (χ0) is 7.82. The van der Waals surface area contributed by atoms with Gasteiger partial charge < -0.3 is 0 Å². The number of allylic oxidation sites excluding steroid dienone is 1. The van der Waals surface area contributed by atoms with E-state index >= 15 is 0 Å². The summed E-state index contributed by atoms with van der Waals surface area (Å²) >= 11 is 1.62. The first-order chi connectivity index (χ1) is 4.77. The molecule has 0 amide bonds. The van der Waals surface area contributed by atoms with Crippen LogP contribution < -0.4 is 0 Å². The molecule has 2 heteroatoms. The van der Waals surface area contributed by atoms with Crippen LogP contribution in [0.5, 0.6) is 0 Å². The SMILES string of the molecule is CCCCCC=CC(O)=[Te]. The molecule has 1 N–H and O–H groups in total. The molecule has 0 unspecified atom stereocenters. The molecule has 0 aromatic heterocycles. The van der Waals surface area contributed by atoms with Crippen molar-refractivity contribution in [1.82, 2.24) is 0 Å². The maximum absolute atomic E-state index is 8.74. The topological polar surface area (TPSA) is 20.2 Å². The first-order valence-corrected chi connectivity index (χ1v) is 4.83. The Kier molecular flexibility index (Phi) is 7.45. The molecular formula is C8H14OTe. The molecular weight excluding hydrogens is 240 g/mol. The zero-order valence-corrected chi connectivity index (χ0v) is 8.67. The third kappa shape index (κ3) is 8.20. The average Bonchev–Trinajstić information content (AvgIpc) is 1.87. The van der Waals surface area contributed by atoms with Crippen molar-refractivity contribution in [3.8, 4) is 0 Å². The molecule has 0 aliphatic heterocycles. The fourth-order valence-electron chi connectivity index (χ4n) is 0.696. The van der Waals surface area contributed by atoms with E-state index in [2.05, 4.69) is 6.92 Å². The van der Waals surface area contributed by atoms with Crippen molar-refractivity contribution < 1.29 is 5.11 Å². The summed E-state index contributed by atoms with van der Waals surface area (Å²) in [5, 5.41) is 8.74. The van der Waals surface area contributed by atoms with E-state index in [4.69, 9.17) is 5.11 Å². The Morgan fingerprint density at radius 1 is 1.50 bits per heavy atom. The molecule has 0 aliphatic rings. The van der Waals surface area contributed by atoms with Gasteiger partial charge in [-0.2, -0.15) is 0 Å². The summed E-state index contributed by atoms with van der Waals surface area (Å²) in [6.07, 6.45) is 8.66. The summed E-state index contributed by atoms with van der Waals surface area (Å²) in [4.78, 5) is 0. The standard InChI is InChI=1S/C8H14OTe/c1-2-3-4-5-6-7-8(9)10/h6-7H,2-5H2,1H3,(H,9,10). The summed E-state index contributed by atoms with van der Waals surface area (Å²) in [5.41, 5.74) is 0. The van der Waals surface area contributed by atoms with Crippen LogP contribution in [0, 0.1) is 0 Å². The molecule has 0 aromatic rings. The van der Waals surface area contributed by atoms with Crippen molar-refractivity contribution in [2.24, 2.45) is 0 Å². The van der Waals surface area contributed by atoms with E-state index < -0.39 is 0 Å². The van der Waals surface area contributed by atoms with Crippen LogP contribution in [0.25, 0.3) is 0 Å². The van der Waals surface area contributed by atoms with Gasteiger partial charge in [0.05, 0.1) is 0 Å². The van der Waals surface area contributed by atoms with Gasteiger partial charge in [0.2, 0.25) is 0 Å². The Bertz CT molecular complexity index is 118. The Balaban J connectivity index is 3.10. The van der Waals surface area contributed by atoms with Crippen molar-refractivity contribution >= 4 is 25.6 Å². The van der Waals surface area contributed by atoms with Crippen molar-refractivity contribution in [3.63, 3.8) is 0 Å². The quantitative estimate of drug-likeness (QED) is 0.585. The molecule has 0 saturated heterocycles. The second-order valence-corrected chi connectivity index (χ2v) is 3.43. The molecule has 0 saturated carbocycles. The molecule has 0 radical (unpaired) electrons. The molecule has 0 aliphatic carbocycles. The number of hydrogen-bond donors (Lipinski definition) is 1. The Morgan fingerprint density at radius 3 is 2.70 bits per heavy atom. The maximum atomic E-state index is 8.74. The van der Waals surface area contributed by atoms with Crippen LogP contribution in [0.2, 0.25) is 0 Å². The fourth-order valence-corrected chi connectivity index (χ4v) is 0.971. The van der Waals surface area contributed by atoms with Gasteiger partial charge in [-0.1, -0.05) is 0 Å². The fraction of sp³-hybridized carbons (Fsp3) is 0.625. The van der Waals surface area contributed by atoms with Gasteiger partial charge in [0, 0.05) is 0 Å². The van der Waals surface area contributed by atoms with Crippen LogP contribution in [-0.4, -0.2) is 30.7 Å². The van der Waals surface area contributed by atoms with Gasteiger partial charge in [-0.15, -0.1) is 0 Å². The van der Waals surface area contributed by atoms with Crippen molar-refractivity contribution in [2.75, 3.05) is 0 Å².